The van der Waals surface area contributed by atoms with Gasteiger partial charge in [0.2, 0.25) is 0 Å². The van der Waals surface area contributed by atoms with Crippen molar-refractivity contribution in [3.8, 4) is 0 Å². The highest BCUT2D eigenvalue weighted by molar-refractivity contribution is 8.01. The molecule has 1 N–H and O–H groups in total. The van der Waals surface area contributed by atoms with Crippen molar-refractivity contribution in [3.63, 3.8) is 0 Å². The molecule has 0 amide bonds. The second-order valence-electron chi connectivity index (χ2n) is 1.12. The van der Waals surface area contributed by atoms with Gasteiger partial charge in [-0.15, -0.1) is 0 Å². The minimum Gasteiger partial charge on any atom is -0.372 e. The number of hydrogen-bond acceptors (Lipinski definition) is 3. The molecule has 0 radical (unpaired) electrons. The van der Waals surface area contributed by atoms with Crippen molar-refractivity contribution < 1.29 is 0 Å². The van der Waals surface area contributed by atoms with Crippen LogP contribution in [0.1, 0.15) is 0 Å². The van der Waals surface area contributed by atoms with Crippen LogP contribution in [-0.4, -0.2) is 12.9 Å². The molecule has 0 saturated heterocycles. The Labute approximate surface area is 46.8 Å². The molecule has 0 aliphatic carbocycles. The van der Waals surface area contributed by atoms with E-state index in [1.165, 1.54) is 11.9 Å². The molecular weight excluding hydrogens is 108 g/mol. The first-order valence-electron chi connectivity index (χ1n) is 2.06. The maximum atomic E-state index is 3.86. The van der Waals surface area contributed by atoms with E-state index < -0.39 is 0 Å². The summed E-state index contributed by atoms with van der Waals surface area (Å²) >= 11 is 1.44. The molecule has 0 bridgehead atoms. The molecule has 1 heterocycles. The number of nitrogens with one attached hydrogen (secondary N) is 1. The van der Waals surface area contributed by atoms with E-state index in [-0.39, 0.29) is 0 Å². The number of rotatable bonds is 0. The predicted molar refractivity (Wildman–Crippen MR) is 33.2 cm³/mol. The molecular formula is C4H6N2S. The smallest absolute Gasteiger partial charge is 0.0970 e. The van der Waals surface area contributed by atoms with E-state index in [0.29, 0.717) is 0 Å². The molecule has 38 valence electrons. The lowest BCUT2D eigenvalue weighted by Crippen LogP contribution is -2.08. The Morgan fingerprint density at radius 2 is 2.71 bits per heavy atom. The van der Waals surface area contributed by atoms with Gasteiger partial charge in [-0.2, -0.15) is 0 Å². The van der Waals surface area contributed by atoms with Gasteiger partial charge in [0, 0.05) is 18.5 Å². The van der Waals surface area contributed by atoms with Gasteiger partial charge in [0.1, 0.15) is 0 Å². The second kappa shape index (κ2) is 2.69. The lowest BCUT2D eigenvalue weighted by molar-refractivity contribution is 1.08. The van der Waals surface area contributed by atoms with Gasteiger partial charge in [-0.1, -0.05) is 6.08 Å². The van der Waals surface area contributed by atoms with Crippen LogP contribution in [0.4, 0.5) is 0 Å². The zero-order valence-electron chi connectivity index (χ0n) is 3.79. The topological polar surface area (TPSA) is 24.4 Å². The summed E-state index contributed by atoms with van der Waals surface area (Å²) in [5, 5.41) is 4.90. The molecule has 1 rings (SSSR count). The fourth-order valence-electron chi connectivity index (χ4n) is 0.315. The average Bonchev–Trinajstić information content (AvgIpc) is 1.90. The Balaban J connectivity index is 2.38. The maximum Gasteiger partial charge on any atom is 0.0970 e. The first kappa shape index (κ1) is 4.71. The van der Waals surface area contributed by atoms with Crippen molar-refractivity contribution in [1.82, 2.24) is 5.32 Å². The minimum absolute atomic E-state index is 0.899. The molecule has 1 aliphatic heterocycles. The third-order valence-electron chi connectivity index (χ3n) is 0.598. The van der Waals surface area contributed by atoms with Crippen LogP contribution in [0.25, 0.3) is 0 Å². The van der Waals surface area contributed by atoms with Crippen LogP contribution < -0.4 is 5.32 Å². The van der Waals surface area contributed by atoms with Gasteiger partial charge in [0.05, 0.1) is 6.34 Å². The monoisotopic (exact) mass is 114 g/mol. The molecule has 0 unspecified atom stereocenters. The van der Waals surface area contributed by atoms with E-state index >= 15 is 0 Å². The van der Waals surface area contributed by atoms with Crippen molar-refractivity contribution in [2.45, 2.75) is 0 Å². The second-order valence-corrected chi connectivity index (χ2v) is 1.81. The largest absolute Gasteiger partial charge is 0.372 e. The van der Waals surface area contributed by atoms with Crippen molar-refractivity contribution >= 4 is 18.3 Å². The molecule has 0 aromatic heterocycles. The quantitative estimate of drug-likeness (QED) is 0.471. The van der Waals surface area contributed by atoms with Gasteiger partial charge in [-0.25, -0.2) is 4.40 Å². The highest BCUT2D eigenvalue weighted by atomic mass is 32.2. The van der Waals surface area contributed by atoms with E-state index in [1.54, 1.807) is 6.34 Å². The summed E-state index contributed by atoms with van der Waals surface area (Å²) in [5.41, 5.74) is 0. The molecule has 0 atom stereocenters. The number of hydrogen-bond donors (Lipinski definition) is 1. The van der Waals surface area contributed by atoms with E-state index in [0.717, 1.165) is 6.54 Å². The summed E-state index contributed by atoms with van der Waals surface area (Å²) < 4.78 is 3.86. The van der Waals surface area contributed by atoms with Gasteiger partial charge in [-0.3, -0.25) is 0 Å². The first-order chi connectivity index (χ1) is 3.50. The third kappa shape index (κ3) is 1.64. The molecule has 3 heteroatoms. The normalized spacial score (nSPS) is 18.3. The van der Waals surface area contributed by atoms with Gasteiger partial charge < -0.3 is 5.32 Å². The summed E-state index contributed by atoms with van der Waals surface area (Å²) in [6, 6.07) is 0. The molecule has 1 aliphatic rings. The molecule has 0 aromatic carbocycles. The van der Waals surface area contributed by atoms with Gasteiger partial charge in [0.15, 0.2) is 0 Å². The summed E-state index contributed by atoms with van der Waals surface area (Å²) in [7, 11) is 0. The zero-order chi connectivity index (χ0) is 4.95. The third-order valence-corrected chi connectivity index (χ3v) is 1.14. The first-order valence-corrected chi connectivity index (χ1v) is 2.90. The van der Waals surface area contributed by atoms with Crippen LogP contribution >= 0.6 is 11.9 Å². The lowest BCUT2D eigenvalue weighted by Gasteiger charge is -1.83. The van der Waals surface area contributed by atoms with Crippen molar-refractivity contribution in [1.29, 1.82) is 0 Å². The van der Waals surface area contributed by atoms with Crippen LogP contribution in [0.15, 0.2) is 15.9 Å². The van der Waals surface area contributed by atoms with Crippen LogP contribution in [0.2, 0.25) is 0 Å². The Kier molecular flexibility index (Phi) is 1.81. The molecule has 7 heavy (non-hydrogen) atoms. The fraction of sp³-hybridized carbons (Fsp3) is 0.250. The van der Waals surface area contributed by atoms with Gasteiger partial charge in [-0.05, 0) is 5.41 Å². The lowest BCUT2D eigenvalue weighted by atomic mass is 10.6. The van der Waals surface area contributed by atoms with Crippen LogP contribution in [-0.2, 0) is 0 Å². The predicted octanol–water partition coefficient (Wildman–Crippen LogP) is 0.780. The zero-order valence-corrected chi connectivity index (χ0v) is 4.61. The highest BCUT2D eigenvalue weighted by Crippen LogP contribution is 2.01. The minimum atomic E-state index is 0.899. The van der Waals surface area contributed by atoms with Crippen molar-refractivity contribution in [2.24, 2.45) is 4.40 Å². The molecule has 0 saturated carbocycles. The highest BCUT2D eigenvalue weighted by Gasteiger charge is 1.78. The summed E-state index contributed by atoms with van der Waals surface area (Å²) in [6.45, 7) is 0.899. The Hall–Kier alpha value is -0.440. The van der Waals surface area contributed by atoms with E-state index in [1.807, 2.05) is 11.5 Å². The Bertz CT molecular complexity index is 85.9. The van der Waals surface area contributed by atoms with Crippen LogP contribution in [0.3, 0.4) is 0 Å². The van der Waals surface area contributed by atoms with Crippen molar-refractivity contribution in [3.05, 3.63) is 11.5 Å². The van der Waals surface area contributed by atoms with Crippen LogP contribution in [0, 0.1) is 0 Å². The SMILES string of the molecule is C1=CSN=CNC1. The average molecular weight is 114 g/mol. The van der Waals surface area contributed by atoms with E-state index in [4.69, 9.17) is 0 Å². The summed E-state index contributed by atoms with van der Waals surface area (Å²) in [6.07, 6.45) is 3.72. The molecule has 0 spiro atoms. The Morgan fingerprint density at radius 1 is 1.71 bits per heavy atom. The Morgan fingerprint density at radius 3 is 3.71 bits per heavy atom. The van der Waals surface area contributed by atoms with E-state index in [9.17, 15) is 0 Å². The summed E-state index contributed by atoms with van der Waals surface area (Å²) in [5.74, 6) is 0. The van der Waals surface area contributed by atoms with Crippen LogP contribution in [0.5, 0.6) is 0 Å². The van der Waals surface area contributed by atoms with Gasteiger partial charge in [0.25, 0.3) is 0 Å². The standard InChI is InChI=1S/C4H6N2S/c1-2-5-4-6-7-3-1/h1,3-4H,2H2,(H,5,6). The van der Waals surface area contributed by atoms with E-state index in [2.05, 4.69) is 9.71 Å². The maximum absolute atomic E-state index is 3.86. The van der Waals surface area contributed by atoms with Crippen molar-refractivity contribution in [2.75, 3.05) is 6.54 Å². The molecule has 0 aromatic rings. The molecule has 0 fully saturated rings. The molecule has 2 nitrogen and oxygen atoms in total. The fourth-order valence-corrected chi connectivity index (χ4v) is 0.703. The summed E-state index contributed by atoms with van der Waals surface area (Å²) in [4.78, 5) is 0. The number of nitrogens with zero attached hydrogens (tertiary/aromatic N) is 1. The van der Waals surface area contributed by atoms with Gasteiger partial charge >= 0.3 is 0 Å².